The smallest absolute Gasteiger partial charge is 0.343 e. The highest BCUT2D eigenvalue weighted by molar-refractivity contribution is 8.18. The first kappa shape index (κ1) is 22.4. The third kappa shape index (κ3) is 5.07. The van der Waals surface area contributed by atoms with Crippen LogP contribution in [0.25, 0.3) is 6.08 Å². The monoisotopic (exact) mass is 461 g/mol. The van der Waals surface area contributed by atoms with Crippen molar-refractivity contribution in [1.29, 1.82) is 0 Å². The minimum atomic E-state index is -0.720. The highest BCUT2D eigenvalue weighted by Crippen LogP contribution is 2.37. The maximum absolute atomic E-state index is 12.6. The zero-order valence-electron chi connectivity index (χ0n) is 16.4. The molecule has 0 N–H and O–H groups in total. The lowest BCUT2D eigenvalue weighted by Crippen LogP contribution is -2.34. The number of rotatable bonds is 6. The van der Waals surface area contributed by atoms with Gasteiger partial charge in [-0.1, -0.05) is 23.7 Å². The molecular formula is C21H16ClNO7S. The van der Waals surface area contributed by atoms with Gasteiger partial charge in [0.25, 0.3) is 11.1 Å². The Kier molecular flexibility index (Phi) is 6.98. The second-order valence-corrected chi connectivity index (χ2v) is 7.55. The molecule has 160 valence electrons. The van der Waals surface area contributed by atoms with Crippen LogP contribution in [0.1, 0.15) is 15.9 Å². The average Bonchev–Trinajstić information content (AvgIpc) is 3.02. The molecule has 1 aliphatic heterocycles. The average molecular weight is 462 g/mol. The van der Waals surface area contributed by atoms with Crippen molar-refractivity contribution in [2.24, 2.45) is 0 Å². The van der Waals surface area contributed by atoms with Gasteiger partial charge in [0.1, 0.15) is 6.54 Å². The van der Waals surface area contributed by atoms with Gasteiger partial charge in [0, 0.05) is 10.6 Å². The summed E-state index contributed by atoms with van der Waals surface area (Å²) in [5.74, 6) is -1.70. The van der Waals surface area contributed by atoms with Crippen molar-refractivity contribution in [3.63, 3.8) is 0 Å². The molecule has 2 aromatic carbocycles. The summed E-state index contributed by atoms with van der Waals surface area (Å²) in [6, 6.07) is 11.0. The van der Waals surface area contributed by atoms with Crippen molar-refractivity contribution in [3.8, 4) is 11.5 Å². The maximum Gasteiger partial charge on any atom is 0.343 e. The number of carbonyl (C=O) groups excluding carboxylic acids is 4. The largest absolute Gasteiger partial charge is 0.493 e. The third-order valence-electron chi connectivity index (χ3n) is 4.18. The van der Waals surface area contributed by atoms with Crippen LogP contribution in [0, 0.1) is 0 Å². The summed E-state index contributed by atoms with van der Waals surface area (Å²) in [6.07, 6.45) is 1.40. The molecule has 10 heteroatoms. The van der Waals surface area contributed by atoms with Crippen LogP contribution >= 0.6 is 23.4 Å². The second kappa shape index (κ2) is 9.67. The molecule has 0 radical (unpaired) electrons. The Balaban J connectivity index is 1.92. The molecule has 0 atom stereocenters. The summed E-state index contributed by atoms with van der Waals surface area (Å²) < 4.78 is 15.3. The Morgan fingerprint density at radius 3 is 2.45 bits per heavy atom. The van der Waals surface area contributed by atoms with Crippen LogP contribution in [0.3, 0.4) is 0 Å². The van der Waals surface area contributed by atoms with Crippen LogP contribution in [-0.2, 0) is 14.3 Å². The standard InChI is InChI=1S/C21H16ClNO7S/c1-28-15-5-3-4-13(18(15)30-20(26)12-6-8-14(22)9-7-12)10-16-19(25)23(21(27)31-16)11-17(24)29-2/h3-10H,11H2,1-2H3/b16-10-. The Morgan fingerprint density at radius 1 is 1.10 bits per heavy atom. The number of methoxy groups -OCH3 is 2. The molecule has 31 heavy (non-hydrogen) atoms. The van der Waals surface area contributed by atoms with Crippen LogP contribution in [0.5, 0.6) is 11.5 Å². The minimum absolute atomic E-state index is 0.0611. The van der Waals surface area contributed by atoms with E-state index in [4.69, 9.17) is 21.1 Å². The first-order valence-corrected chi connectivity index (χ1v) is 10.0. The van der Waals surface area contributed by atoms with E-state index in [-0.39, 0.29) is 22.0 Å². The normalized spacial score (nSPS) is 14.7. The molecule has 0 saturated carbocycles. The number of benzene rings is 2. The van der Waals surface area contributed by atoms with Gasteiger partial charge in [0.05, 0.1) is 24.7 Å². The predicted molar refractivity (Wildman–Crippen MR) is 114 cm³/mol. The van der Waals surface area contributed by atoms with E-state index in [1.807, 2.05) is 0 Å². The number of ether oxygens (including phenoxy) is 3. The first-order valence-electron chi connectivity index (χ1n) is 8.81. The van der Waals surface area contributed by atoms with Crippen molar-refractivity contribution in [1.82, 2.24) is 4.90 Å². The summed E-state index contributed by atoms with van der Waals surface area (Å²) in [5.41, 5.74) is 0.602. The highest BCUT2D eigenvalue weighted by atomic mass is 35.5. The lowest BCUT2D eigenvalue weighted by atomic mass is 10.1. The second-order valence-electron chi connectivity index (χ2n) is 6.12. The number of halogens is 1. The molecule has 1 heterocycles. The quantitative estimate of drug-likeness (QED) is 0.364. The number of hydrogen-bond acceptors (Lipinski definition) is 8. The third-order valence-corrected chi connectivity index (χ3v) is 5.34. The molecule has 1 aliphatic rings. The molecule has 0 bridgehead atoms. The van der Waals surface area contributed by atoms with Gasteiger partial charge in [0.15, 0.2) is 11.5 Å². The van der Waals surface area contributed by atoms with E-state index in [1.165, 1.54) is 25.3 Å². The van der Waals surface area contributed by atoms with E-state index in [1.54, 1.807) is 30.3 Å². The lowest BCUT2D eigenvalue weighted by Gasteiger charge is -2.12. The Labute approximate surface area is 186 Å². The zero-order chi connectivity index (χ0) is 22.5. The highest BCUT2D eigenvalue weighted by Gasteiger charge is 2.36. The van der Waals surface area contributed by atoms with Gasteiger partial charge < -0.3 is 14.2 Å². The van der Waals surface area contributed by atoms with Crippen molar-refractivity contribution in [2.45, 2.75) is 0 Å². The fourth-order valence-corrected chi connectivity index (χ4v) is 3.58. The fraction of sp³-hybridized carbons (Fsp3) is 0.143. The minimum Gasteiger partial charge on any atom is -0.493 e. The Hall–Kier alpha value is -3.30. The van der Waals surface area contributed by atoms with Gasteiger partial charge in [-0.2, -0.15) is 0 Å². The fourth-order valence-electron chi connectivity index (χ4n) is 2.63. The van der Waals surface area contributed by atoms with Crippen molar-refractivity contribution in [2.75, 3.05) is 20.8 Å². The van der Waals surface area contributed by atoms with Crippen molar-refractivity contribution >= 4 is 52.5 Å². The van der Waals surface area contributed by atoms with Crippen molar-refractivity contribution in [3.05, 3.63) is 63.5 Å². The zero-order valence-corrected chi connectivity index (χ0v) is 18.0. The summed E-state index contributed by atoms with van der Waals surface area (Å²) in [7, 11) is 2.57. The Morgan fingerprint density at radius 2 is 1.81 bits per heavy atom. The summed E-state index contributed by atoms with van der Waals surface area (Å²) in [5, 5.41) is -0.138. The number of esters is 2. The molecule has 0 spiro atoms. The molecule has 0 aliphatic carbocycles. The Bertz CT molecular complexity index is 1080. The molecule has 0 aromatic heterocycles. The number of hydrogen-bond donors (Lipinski definition) is 0. The number of para-hydroxylation sites is 1. The van der Waals surface area contributed by atoms with Gasteiger partial charge >= 0.3 is 11.9 Å². The van der Waals surface area contributed by atoms with Gasteiger partial charge in [-0.15, -0.1) is 0 Å². The van der Waals surface area contributed by atoms with E-state index < -0.39 is 29.6 Å². The molecular weight excluding hydrogens is 446 g/mol. The molecule has 1 fully saturated rings. The molecule has 8 nitrogen and oxygen atoms in total. The maximum atomic E-state index is 12.6. The van der Waals surface area contributed by atoms with E-state index in [0.29, 0.717) is 22.3 Å². The SMILES string of the molecule is COC(=O)CN1C(=O)S/C(=C\c2cccc(OC)c2OC(=O)c2ccc(Cl)cc2)C1=O. The van der Waals surface area contributed by atoms with E-state index in [9.17, 15) is 19.2 Å². The van der Waals surface area contributed by atoms with Gasteiger partial charge in [0.2, 0.25) is 0 Å². The van der Waals surface area contributed by atoms with E-state index in [0.717, 1.165) is 12.0 Å². The topological polar surface area (TPSA) is 99.2 Å². The predicted octanol–water partition coefficient (Wildman–Crippen LogP) is 3.78. The number of amides is 2. The molecule has 2 amide bonds. The van der Waals surface area contributed by atoms with Crippen molar-refractivity contribution < 1.29 is 33.4 Å². The van der Waals surface area contributed by atoms with Gasteiger partial charge in [-0.25, -0.2) is 4.79 Å². The van der Waals surface area contributed by atoms with Crippen LogP contribution in [0.4, 0.5) is 4.79 Å². The number of carbonyl (C=O) groups is 4. The van der Waals surface area contributed by atoms with Crippen LogP contribution in [0.15, 0.2) is 47.4 Å². The van der Waals surface area contributed by atoms with E-state index in [2.05, 4.69) is 4.74 Å². The summed E-state index contributed by atoms with van der Waals surface area (Å²) in [6.45, 7) is -0.491. The summed E-state index contributed by atoms with van der Waals surface area (Å²) >= 11 is 6.51. The first-order chi connectivity index (χ1) is 14.8. The van der Waals surface area contributed by atoms with Crippen LogP contribution in [0.2, 0.25) is 5.02 Å². The molecule has 2 aromatic rings. The number of imide groups is 1. The van der Waals surface area contributed by atoms with Gasteiger partial charge in [-0.05, 0) is 48.2 Å². The number of thioether (sulfide) groups is 1. The molecule has 3 rings (SSSR count). The summed E-state index contributed by atoms with van der Waals surface area (Å²) in [4.78, 5) is 49.6. The molecule has 1 saturated heterocycles. The van der Waals surface area contributed by atoms with E-state index >= 15 is 0 Å². The van der Waals surface area contributed by atoms with Gasteiger partial charge in [-0.3, -0.25) is 19.3 Å². The molecule has 0 unspecified atom stereocenters. The lowest BCUT2D eigenvalue weighted by molar-refractivity contribution is -0.143. The van der Waals surface area contributed by atoms with Crippen LogP contribution in [-0.4, -0.2) is 48.7 Å². The number of nitrogens with zero attached hydrogens (tertiary/aromatic N) is 1. The van der Waals surface area contributed by atoms with Crippen LogP contribution < -0.4 is 9.47 Å².